The minimum Gasteiger partial charge on any atom is -0.494 e. The Hall–Kier alpha value is -1.61. The van der Waals surface area contributed by atoms with Crippen molar-refractivity contribution in [3.63, 3.8) is 0 Å². The molecule has 0 aliphatic carbocycles. The molecule has 1 aromatic heterocycles. The predicted molar refractivity (Wildman–Crippen MR) is 88.7 cm³/mol. The molecule has 0 bridgehead atoms. The molecule has 0 saturated carbocycles. The van der Waals surface area contributed by atoms with Gasteiger partial charge in [0.1, 0.15) is 5.75 Å². The molecule has 0 fully saturated rings. The number of ether oxygens (including phenoxy) is 1. The number of carbonyl (C=O) groups excluding carboxylic acids is 1. The lowest BCUT2D eigenvalue weighted by molar-refractivity contribution is 0.104. The highest BCUT2D eigenvalue weighted by Gasteiger charge is 2.19. The summed E-state index contributed by atoms with van der Waals surface area (Å²) in [5, 5.41) is 0. The molecule has 21 heavy (non-hydrogen) atoms. The second kappa shape index (κ2) is 6.44. The van der Waals surface area contributed by atoms with E-state index in [4.69, 9.17) is 4.74 Å². The van der Waals surface area contributed by atoms with Gasteiger partial charge in [-0.15, -0.1) is 11.3 Å². The van der Waals surface area contributed by atoms with E-state index in [1.807, 2.05) is 30.3 Å². The zero-order valence-corrected chi connectivity index (χ0v) is 13.9. The van der Waals surface area contributed by atoms with E-state index >= 15 is 0 Å². The molecular formula is C18H22O2S. The molecule has 112 valence electrons. The number of rotatable bonds is 5. The third kappa shape index (κ3) is 3.94. The van der Waals surface area contributed by atoms with Crippen LogP contribution >= 0.6 is 11.3 Å². The van der Waals surface area contributed by atoms with Crippen molar-refractivity contribution in [1.82, 2.24) is 0 Å². The SMILES string of the molecule is CCCOc1cccc(C(=O)c2ccc(C(C)(C)C)s2)c1. The van der Waals surface area contributed by atoms with E-state index in [9.17, 15) is 4.79 Å². The monoisotopic (exact) mass is 302 g/mol. The van der Waals surface area contributed by atoms with Gasteiger partial charge in [0.2, 0.25) is 5.78 Å². The first-order valence-electron chi connectivity index (χ1n) is 7.29. The molecular weight excluding hydrogens is 280 g/mol. The highest BCUT2D eigenvalue weighted by atomic mass is 32.1. The molecule has 0 N–H and O–H groups in total. The fraction of sp³-hybridized carbons (Fsp3) is 0.389. The maximum Gasteiger partial charge on any atom is 0.203 e. The second-order valence-electron chi connectivity index (χ2n) is 6.12. The quantitative estimate of drug-likeness (QED) is 0.721. The second-order valence-corrected chi connectivity index (χ2v) is 7.20. The summed E-state index contributed by atoms with van der Waals surface area (Å²) in [6, 6.07) is 11.4. The van der Waals surface area contributed by atoms with Crippen LogP contribution in [0.1, 0.15) is 54.2 Å². The van der Waals surface area contributed by atoms with Gasteiger partial charge in [-0.05, 0) is 36.1 Å². The molecule has 0 aliphatic rings. The molecule has 0 radical (unpaired) electrons. The lowest BCUT2D eigenvalue weighted by Crippen LogP contribution is -2.08. The van der Waals surface area contributed by atoms with Crippen LogP contribution in [0.5, 0.6) is 5.75 Å². The van der Waals surface area contributed by atoms with Gasteiger partial charge >= 0.3 is 0 Å². The Morgan fingerprint density at radius 2 is 1.95 bits per heavy atom. The average molecular weight is 302 g/mol. The summed E-state index contributed by atoms with van der Waals surface area (Å²) in [5.74, 6) is 0.827. The number of hydrogen-bond acceptors (Lipinski definition) is 3. The summed E-state index contributed by atoms with van der Waals surface area (Å²) in [6.45, 7) is 9.21. The first-order chi connectivity index (χ1) is 9.91. The minimum absolute atomic E-state index is 0.0671. The summed E-state index contributed by atoms with van der Waals surface area (Å²) in [4.78, 5) is 14.6. The molecule has 0 aliphatic heterocycles. The smallest absolute Gasteiger partial charge is 0.203 e. The molecule has 0 amide bonds. The van der Waals surface area contributed by atoms with Gasteiger partial charge in [-0.2, -0.15) is 0 Å². The van der Waals surface area contributed by atoms with Gasteiger partial charge in [0, 0.05) is 10.4 Å². The molecule has 1 heterocycles. The Balaban J connectivity index is 2.21. The van der Waals surface area contributed by atoms with Crippen LogP contribution in [0.25, 0.3) is 0 Å². The third-order valence-electron chi connectivity index (χ3n) is 3.14. The van der Waals surface area contributed by atoms with Crippen LogP contribution in [0.4, 0.5) is 0 Å². The minimum atomic E-state index is 0.0671. The molecule has 2 nitrogen and oxygen atoms in total. The van der Waals surface area contributed by atoms with Gasteiger partial charge in [-0.3, -0.25) is 4.79 Å². The summed E-state index contributed by atoms with van der Waals surface area (Å²) >= 11 is 1.58. The Morgan fingerprint density at radius 1 is 1.19 bits per heavy atom. The summed E-state index contributed by atoms with van der Waals surface area (Å²) in [7, 11) is 0. The summed E-state index contributed by atoms with van der Waals surface area (Å²) in [5.41, 5.74) is 0.765. The summed E-state index contributed by atoms with van der Waals surface area (Å²) < 4.78 is 5.59. The molecule has 0 unspecified atom stereocenters. The third-order valence-corrected chi connectivity index (χ3v) is 4.65. The largest absolute Gasteiger partial charge is 0.494 e. The predicted octanol–water partition coefficient (Wildman–Crippen LogP) is 5.07. The number of benzene rings is 1. The van der Waals surface area contributed by atoms with Crippen molar-refractivity contribution < 1.29 is 9.53 Å². The molecule has 3 heteroatoms. The van der Waals surface area contributed by atoms with Crippen LogP contribution in [0.2, 0.25) is 0 Å². The van der Waals surface area contributed by atoms with E-state index in [1.54, 1.807) is 11.3 Å². The molecule has 0 atom stereocenters. The van der Waals surface area contributed by atoms with E-state index in [0.717, 1.165) is 17.0 Å². The maximum absolute atomic E-state index is 12.6. The van der Waals surface area contributed by atoms with Crippen molar-refractivity contribution in [1.29, 1.82) is 0 Å². The summed E-state index contributed by atoms with van der Waals surface area (Å²) in [6.07, 6.45) is 0.956. The fourth-order valence-corrected chi connectivity index (χ4v) is 2.98. The van der Waals surface area contributed by atoms with Crippen molar-refractivity contribution in [2.75, 3.05) is 6.61 Å². The van der Waals surface area contributed by atoms with E-state index in [-0.39, 0.29) is 11.2 Å². The van der Waals surface area contributed by atoms with E-state index in [2.05, 4.69) is 33.8 Å². The van der Waals surface area contributed by atoms with Crippen LogP contribution < -0.4 is 4.74 Å². The standard InChI is InChI=1S/C18H22O2S/c1-5-11-20-14-8-6-7-13(12-14)17(19)15-9-10-16(21-15)18(2,3)4/h6-10,12H,5,11H2,1-4H3. The van der Waals surface area contributed by atoms with Gasteiger partial charge in [0.25, 0.3) is 0 Å². The van der Waals surface area contributed by atoms with Crippen molar-refractivity contribution in [2.45, 2.75) is 39.5 Å². The Bertz CT molecular complexity index is 620. The maximum atomic E-state index is 12.6. The van der Waals surface area contributed by atoms with E-state index in [1.165, 1.54) is 4.88 Å². The van der Waals surface area contributed by atoms with Gasteiger partial charge in [-0.25, -0.2) is 0 Å². The van der Waals surface area contributed by atoms with Crippen molar-refractivity contribution in [2.24, 2.45) is 0 Å². The number of carbonyl (C=O) groups is 1. The van der Waals surface area contributed by atoms with Crippen molar-refractivity contribution in [3.8, 4) is 5.75 Å². The Morgan fingerprint density at radius 3 is 2.57 bits per heavy atom. The number of thiophene rings is 1. The zero-order chi connectivity index (χ0) is 15.5. The molecule has 0 spiro atoms. The van der Waals surface area contributed by atoms with Gasteiger partial charge in [-0.1, -0.05) is 39.8 Å². The van der Waals surface area contributed by atoms with Crippen LogP contribution in [-0.4, -0.2) is 12.4 Å². The lowest BCUT2D eigenvalue weighted by Gasteiger charge is -2.15. The molecule has 0 saturated heterocycles. The topological polar surface area (TPSA) is 26.3 Å². The highest BCUT2D eigenvalue weighted by Crippen LogP contribution is 2.30. The Kier molecular flexibility index (Phi) is 4.84. The fourth-order valence-electron chi connectivity index (χ4n) is 1.95. The number of hydrogen-bond donors (Lipinski definition) is 0. The van der Waals surface area contributed by atoms with Crippen LogP contribution in [0, 0.1) is 0 Å². The zero-order valence-electron chi connectivity index (χ0n) is 13.1. The van der Waals surface area contributed by atoms with Crippen molar-refractivity contribution >= 4 is 17.1 Å². The molecule has 2 rings (SSSR count). The van der Waals surface area contributed by atoms with E-state index < -0.39 is 0 Å². The first kappa shape index (κ1) is 15.8. The average Bonchev–Trinajstić information content (AvgIpc) is 2.94. The Labute approximate surface area is 130 Å². The molecule has 1 aromatic carbocycles. The number of ketones is 1. The van der Waals surface area contributed by atoms with Crippen molar-refractivity contribution in [3.05, 3.63) is 51.7 Å². The van der Waals surface area contributed by atoms with Crippen LogP contribution in [0.3, 0.4) is 0 Å². The van der Waals surface area contributed by atoms with Gasteiger partial charge < -0.3 is 4.74 Å². The first-order valence-corrected chi connectivity index (χ1v) is 8.11. The van der Waals surface area contributed by atoms with Gasteiger partial charge in [0.15, 0.2) is 0 Å². The molecule has 2 aromatic rings. The normalized spacial score (nSPS) is 11.4. The van der Waals surface area contributed by atoms with Crippen LogP contribution in [-0.2, 0) is 5.41 Å². The van der Waals surface area contributed by atoms with E-state index in [0.29, 0.717) is 12.2 Å². The highest BCUT2D eigenvalue weighted by molar-refractivity contribution is 7.14. The lowest BCUT2D eigenvalue weighted by atomic mass is 9.95. The van der Waals surface area contributed by atoms with Crippen LogP contribution in [0.15, 0.2) is 36.4 Å². The van der Waals surface area contributed by atoms with Gasteiger partial charge in [0.05, 0.1) is 11.5 Å².